The fourth-order valence-electron chi connectivity index (χ4n) is 4.89. The molecule has 1 aromatic carbocycles. The third-order valence-electron chi connectivity index (χ3n) is 6.62. The van der Waals surface area contributed by atoms with Gasteiger partial charge in [-0.25, -0.2) is 9.97 Å². The third-order valence-corrected chi connectivity index (χ3v) is 6.62. The van der Waals surface area contributed by atoms with Crippen molar-refractivity contribution in [1.82, 2.24) is 9.97 Å². The van der Waals surface area contributed by atoms with E-state index in [1.165, 1.54) is 12.4 Å². The molecular formula is C24H27F3N6O2. The maximum absolute atomic E-state index is 13.0. The van der Waals surface area contributed by atoms with Crippen LogP contribution in [0.15, 0.2) is 24.5 Å². The molecule has 0 bridgehead atoms. The van der Waals surface area contributed by atoms with Gasteiger partial charge in [0.1, 0.15) is 23.8 Å². The van der Waals surface area contributed by atoms with Gasteiger partial charge in [0.2, 0.25) is 5.91 Å². The van der Waals surface area contributed by atoms with Crippen LogP contribution < -0.4 is 20.7 Å². The van der Waals surface area contributed by atoms with Crippen molar-refractivity contribution in [3.05, 3.63) is 35.7 Å². The van der Waals surface area contributed by atoms with E-state index in [1.807, 2.05) is 11.0 Å². The minimum absolute atomic E-state index is 0.0107. The fraction of sp³-hybridized carbons (Fsp3) is 0.500. The Bertz CT molecular complexity index is 1110. The number of nitrogens with zero attached hydrogens (tertiary/aromatic N) is 4. The molecule has 186 valence electrons. The summed E-state index contributed by atoms with van der Waals surface area (Å²) >= 11 is 0. The summed E-state index contributed by atoms with van der Waals surface area (Å²) in [6.07, 6.45) is 2.36. The van der Waals surface area contributed by atoms with Gasteiger partial charge in [0.05, 0.1) is 5.69 Å². The van der Waals surface area contributed by atoms with Crippen LogP contribution in [0.4, 0.5) is 30.5 Å². The van der Waals surface area contributed by atoms with Crippen LogP contribution in [0.5, 0.6) is 5.75 Å². The number of amides is 1. The molecule has 0 spiro atoms. The van der Waals surface area contributed by atoms with Crippen LogP contribution in [0.3, 0.4) is 0 Å². The topological polar surface area (TPSA) is 117 Å². The first kappa shape index (κ1) is 24.6. The van der Waals surface area contributed by atoms with Gasteiger partial charge < -0.3 is 20.7 Å². The second-order valence-electron chi connectivity index (χ2n) is 8.98. The molecule has 1 aliphatic heterocycles. The number of rotatable bonds is 5. The molecule has 1 saturated heterocycles. The van der Waals surface area contributed by atoms with Gasteiger partial charge >= 0.3 is 6.36 Å². The largest absolute Gasteiger partial charge is 0.573 e. The van der Waals surface area contributed by atoms with E-state index in [-0.39, 0.29) is 34.8 Å². The highest BCUT2D eigenvalue weighted by molar-refractivity contribution is 5.94. The summed E-state index contributed by atoms with van der Waals surface area (Å²) in [5.41, 5.74) is 6.81. The van der Waals surface area contributed by atoms with Gasteiger partial charge in [0.25, 0.3) is 0 Å². The average Bonchev–Trinajstić information content (AvgIpc) is 2.84. The van der Waals surface area contributed by atoms with E-state index < -0.39 is 12.1 Å². The summed E-state index contributed by atoms with van der Waals surface area (Å²) in [4.78, 5) is 22.8. The summed E-state index contributed by atoms with van der Waals surface area (Å²) < 4.78 is 43.3. The number of hydrogen-bond acceptors (Lipinski definition) is 7. The monoisotopic (exact) mass is 488 g/mol. The van der Waals surface area contributed by atoms with Crippen LogP contribution in [0, 0.1) is 17.2 Å². The summed E-state index contributed by atoms with van der Waals surface area (Å²) in [5, 5.41) is 12.2. The molecule has 1 aliphatic carbocycles. The molecule has 1 saturated carbocycles. The van der Waals surface area contributed by atoms with Crippen molar-refractivity contribution >= 4 is 23.2 Å². The van der Waals surface area contributed by atoms with Gasteiger partial charge in [-0.15, -0.1) is 13.2 Å². The molecule has 3 N–H and O–H groups in total. The number of nitrogens with two attached hydrogens (primary N) is 1. The Morgan fingerprint density at radius 3 is 2.66 bits per heavy atom. The van der Waals surface area contributed by atoms with Crippen molar-refractivity contribution in [3.63, 3.8) is 0 Å². The average molecular weight is 489 g/mol. The van der Waals surface area contributed by atoms with Gasteiger partial charge in [0.15, 0.2) is 11.6 Å². The number of ether oxygens (including phenoxy) is 1. The Balaban J connectivity index is 1.59. The maximum atomic E-state index is 13.0. The summed E-state index contributed by atoms with van der Waals surface area (Å²) in [6.45, 7) is 1.14. The molecule has 2 aliphatic rings. The molecule has 0 radical (unpaired) electrons. The van der Waals surface area contributed by atoms with Crippen LogP contribution in [0.2, 0.25) is 0 Å². The number of anilines is 3. The highest BCUT2D eigenvalue weighted by atomic mass is 19.4. The minimum Gasteiger partial charge on any atom is -0.404 e. The number of carbonyl (C=O) groups is 1. The molecule has 4 rings (SSSR count). The van der Waals surface area contributed by atoms with Crippen LogP contribution in [-0.4, -0.2) is 35.3 Å². The van der Waals surface area contributed by atoms with Gasteiger partial charge in [-0.3, -0.25) is 4.79 Å². The predicted molar refractivity (Wildman–Crippen MR) is 124 cm³/mol. The van der Waals surface area contributed by atoms with Crippen molar-refractivity contribution in [3.8, 4) is 11.8 Å². The van der Waals surface area contributed by atoms with Crippen molar-refractivity contribution in [2.75, 3.05) is 29.0 Å². The normalized spacial score (nSPS) is 19.1. The number of aromatic nitrogens is 2. The first-order valence-electron chi connectivity index (χ1n) is 11.7. The zero-order valence-electron chi connectivity index (χ0n) is 19.1. The summed E-state index contributed by atoms with van der Waals surface area (Å²) in [5.74, 6) is -0.461. The second-order valence-corrected chi connectivity index (χ2v) is 8.98. The Morgan fingerprint density at radius 2 is 1.94 bits per heavy atom. The van der Waals surface area contributed by atoms with E-state index in [9.17, 15) is 23.2 Å². The van der Waals surface area contributed by atoms with E-state index >= 15 is 0 Å². The number of benzene rings is 1. The molecule has 2 fully saturated rings. The lowest BCUT2D eigenvalue weighted by atomic mass is 9.88. The lowest BCUT2D eigenvalue weighted by molar-refractivity contribution is -0.274. The van der Waals surface area contributed by atoms with Gasteiger partial charge in [-0.05, 0) is 43.4 Å². The smallest absolute Gasteiger partial charge is 0.404 e. The number of piperidine rings is 1. The van der Waals surface area contributed by atoms with E-state index in [4.69, 9.17) is 5.73 Å². The number of nitrogen functional groups attached to an aromatic ring is 1. The molecule has 1 atom stereocenters. The highest BCUT2D eigenvalue weighted by Crippen LogP contribution is 2.37. The number of halogens is 3. The van der Waals surface area contributed by atoms with E-state index in [2.05, 4.69) is 20.0 Å². The van der Waals surface area contributed by atoms with Crippen molar-refractivity contribution < 1.29 is 22.7 Å². The maximum Gasteiger partial charge on any atom is 0.573 e. The van der Waals surface area contributed by atoms with Gasteiger partial charge in [0, 0.05) is 24.9 Å². The molecule has 2 aromatic rings. The molecule has 2 heterocycles. The minimum atomic E-state index is -4.88. The first-order chi connectivity index (χ1) is 16.7. The van der Waals surface area contributed by atoms with E-state index in [0.29, 0.717) is 18.9 Å². The standard InChI is InChI=1S/C24H27F3N6O2/c25-24(26,27)35-20-9-8-16(11-19(20)32-23(34)15-5-2-1-3-6-15)17-7-4-10-33(13-17)22-18(12-28)21(29)30-14-31-22/h8-9,11,14-15,17H,1-7,10,13H2,(H,32,34)(H2,29,30,31). The van der Waals surface area contributed by atoms with Gasteiger partial charge in [-0.2, -0.15) is 5.26 Å². The molecule has 35 heavy (non-hydrogen) atoms. The Hall–Kier alpha value is -3.55. The molecule has 1 unspecified atom stereocenters. The molecule has 11 heteroatoms. The van der Waals surface area contributed by atoms with E-state index in [1.54, 1.807) is 12.1 Å². The van der Waals surface area contributed by atoms with Crippen LogP contribution >= 0.6 is 0 Å². The Morgan fingerprint density at radius 1 is 1.17 bits per heavy atom. The molecule has 8 nitrogen and oxygen atoms in total. The number of carbonyl (C=O) groups excluding carboxylic acids is 1. The molecule has 1 aromatic heterocycles. The SMILES string of the molecule is N#Cc1c(N)ncnc1N1CCCC(c2ccc(OC(F)(F)F)c(NC(=O)C3CCCCC3)c2)C1. The summed E-state index contributed by atoms with van der Waals surface area (Å²) in [7, 11) is 0. The zero-order chi connectivity index (χ0) is 25.0. The first-order valence-corrected chi connectivity index (χ1v) is 11.7. The number of nitriles is 1. The summed E-state index contributed by atoms with van der Waals surface area (Å²) in [6, 6.07) is 6.45. The van der Waals surface area contributed by atoms with Gasteiger partial charge in [-0.1, -0.05) is 25.3 Å². The Labute approximate surface area is 201 Å². The van der Waals surface area contributed by atoms with E-state index in [0.717, 1.165) is 50.5 Å². The third kappa shape index (κ3) is 5.93. The number of alkyl halides is 3. The molecule has 1 amide bonds. The molecular weight excluding hydrogens is 461 g/mol. The van der Waals surface area contributed by atoms with Crippen LogP contribution in [0.25, 0.3) is 0 Å². The number of hydrogen-bond donors (Lipinski definition) is 2. The number of nitrogens with one attached hydrogen (secondary N) is 1. The predicted octanol–water partition coefficient (Wildman–Crippen LogP) is 4.73. The second kappa shape index (κ2) is 10.4. The van der Waals surface area contributed by atoms with Crippen molar-refractivity contribution in [2.45, 2.75) is 57.2 Å². The van der Waals surface area contributed by atoms with Crippen LogP contribution in [-0.2, 0) is 4.79 Å². The fourth-order valence-corrected chi connectivity index (χ4v) is 4.89. The lowest BCUT2D eigenvalue weighted by Crippen LogP contribution is -2.35. The van der Waals surface area contributed by atoms with Crippen molar-refractivity contribution in [2.24, 2.45) is 5.92 Å². The van der Waals surface area contributed by atoms with Crippen LogP contribution in [0.1, 0.15) is 62.0 Å². The zero-order valence-corrected chi connectivity index (χ0v) is 19.1. The highest BCUT2D eigenvalue weighted by Gasteiger charge is 2.33. The lowest BCUT2D eigenvalue weighted by Gasteiger charge is -2.34. The quantitative estimate of drug-likeness (QED) is 0.625. The van der Waals surface area contributed by atoms with Crippen molar-refractivity contribution in [1.29, 1.82) is 5.26 Å². The Kier molecular flexibility index (Phi) is 7.28.